The number of halogens is 1. The van der Waals surface area contributed by atoms with Gasteiger partial charge in [-0.05, 0) is 62.9 Å². The number of nitrogens with zero attached hydrogens (tertiary/aromatic N) is 1. The zero-order valence-electron chi connectivity index (χ0n) is 12.1. The second kappa shape index (κ2) is 7.64. The molecule has 106 valence electrons. The molecule has 0 bridgehead atoms. The molecule has 19 heavy (non-hydrogen) atoms. The van der Waals surface area contributed by atoms with E-state index >= 15 is 0 Å². The number of hydrogen-bond donors (Lipinski definition) is 0. The molecule has 1 aliphatic rings. The third-order valence-corrected chi connectivity index (χ3v) is 4.21. The predicted octanol–water partition coefficient (Wildman–Crippen LogP) is 4.27. The number of hydrogen-bond acceptors (Lipinski definition) is 1. The van der Waals surface area contributed by atoms with E-state index in [2.05, 4.69) is 11.9 Å². The van der Waals surface area contributed by atoms with Crippen LogP contribution >= 0.6 is 0 Å². The van der Waals surface area contributed by atoms with Crippen LogP contribution in [0.5, 0.6) is 0 Å². The van der Waals surface area contributed by atoms with Crippen LogP contribution in [0.25, 0.3) is 0 Å². The third-order valence-electron chi connectivity index (χ3n) is 4.21. The standard InChI is InChI=1S/C17H26FN/c1-19(14-16-6-3-2-4-7-16)13-5-8-15-9-11-17(18)12-10-15/h9-12,16H,2-8,13-14H2,1H3. The minimum Gasteiger partial charge on any atom is -0.306 e. The van der Waals surface area contributed by atoms with Crippen LogP contribution in [0, 0.1) is 11.7 Å². The summed E-state index contributed by atoms with van der Waals surface area (Å²) in [7, 11) is 2.24. The Morgan fingerprint density at radius 1 is 1.11 bits per heavy atom. The third kappa shape index (κ3) is 5.32. The molecule has 0 atom stereocenters. The summed E-state index contributed by atoms with van der Waals surface area (Å²) in [6.07, 6.45) is 9.34. The second-order valence-corrected chi connectivity index (χ2v) is 6.00. The van der Waals surface area contributed by atoms with Gasteiger partial charge < -0.3 is 4.90 Å². The van der Waals surface area contributed by atoms with E-state index in [9.17, 15) is 4.39 Å². The topological polar surface area (TPSA) is 3.24 Å². The molecule has 0 heterocycles. The van der Waals surface area contributed by atoms with Crippen molar-refractivity contribution in [3.8, 4) is 0 Å². The number of aryl methyl sites for hydroxylation is 1. The van der Waals surface area contributed by atoms with Crippen molar-refractivity contribution in [1.29, 1.82) is 0 Å². The number of benzene rings is 1. The Hall–Kier alpha value is -0.890. The Morgan fingerprint density at radius 3 is 2.47 bits per heavy atom. The summed E-state index contributed by atoms with van der Waals surface area (Å²) in [6, 6.07) is 6.91. The molecule has 1 aromatic carbocycles. The molecule has 1 aromatic rings. The molecule has 0 N–H and O–H groups in total. The Balaban J connectivity index is 1.63. The van der Waals surface area contributed by atoms with Crippen LogP contribution in [0.15, 0.2) is 24.3 Å². The molecule has 1 fully saturated rings. The quantitative estimate of drug-likeness (QED) is 0.741. The van der Waals surface area contributed by atoms with Crippen LogP contribution in [0.3, 0.4) is 0 Å². The van der Waals surface area contributed by atoms with Crippen molar-refractivity contribution < 1.29 is 4.39 Å². The van der Waals surface area contributed by atoms with Gasteiger partial charge in [0.05, 0.1) is 0 Å². The monoisotopic (exact) mass is 263 g/mol. The minimum absolute atomic E-state index is 0.141. The molecular formula is C17H26FN. The Bertz CT molecular complexity index is 354. The van der Waals surface area contributed by atoms with Crippen LogP contribution in [-0.4, -0.2) is 25.0 Å². The Morgan fingerprint density at radius 2 is 1.79 bits per heavy atom. The lowest BCUT2D eigenvalue weighted by Crippen LogP contribution is -2.28. The summed E-state index contributed by atoms with van der Waals surface area (Å²) in [5.41, 5.74) is 1.24. The molecule has 0 spiro atoms. The first-order valence-corrected chi connectivity index (χ1v) is 7.67. The van der Waals surface area contributed by atoms with Crippen molar-refractivity contribution in [1.82, 2.24) is 4.90 Å². The van der Waals surface area contributed by atoms with Crippen molar-refractivity contribution >= 4 is 0 Å². The van der Waals surface area contributed by atoms with Crippen molar-refractivity contribution in [2.45, 2.75) is 44.9 Å². The van der Waals surface area contributed by atoms with E-state index in [1.807, 2.05) is 12.1 Å². The van der Waals surface area contributed by atoms with Crippen molar-refractivity contribution in [3.05, 3.63) is 35.6 Å². The fourth-order valence-corrected chi connectivity index (χ4v) is 3.11. The molecule has 1 saturated carbocycles. The van der Waals surface area contributed by atoms with E-state index in [4.69, 9.17) is 0 Å². The zero-order chi connectivity index (χ0) is 13.5. The molecule has 0 amide bonds. The summed E-state index contributed by atoms with van der Waals surface area (Å²) < 4.78 is 12.8. The van der Waals surface area contributed by atoms with Gasteiger partial charge >= 0.3 is 0 Å². The van der Waals surface area contributed by atoms with Crippen molar-refractivity contribution in [2.75, 3.05) is 20.1 Å². The molecule has 0 radical (unpaired) electrons. The fraction of sp³-hybridized carbons (Fsp3) is 0.647. The molecule has 1 nitrogen and oxygen atoms in total. The van der Waals surface area contributed by atoms with Gasteiger partial charge in [0.25, 0.3) is 0 Å². The average molecular weight is 263 g/mol. The summed E-state index contributed by atoms with van der Waals surface area (Å²) in [5, 5.41) is 0. The number of rotatable bonds is 6. The maximum Gasteiger partial charge on any atom is 0.123 e. The van der Waals surface area contributed by atoms with E-state index in [-0.39, 0.29) is 5.82 Å². The van der Waals surface area contributed by atoms with Crippen LogP contribution in [0.2, 0.25) is 0 Å². The minimum atomic E-state index is -0.141. The highest BCUT2D eigenvalue weighted by molar-refractivity contribution is 5.15. The van der Waals surface area contributed by atoms with Crippen LogP contribution in [-0.2, 0) is 6.42 Å². The molecule has 2 rings (SSSR count). The maximum absolute atomic E-state index is 12.8. The highest BCUT2D eigenvalue weighted by Crippen LogP contribution is 2.24. The molecule has 0 unspecified atom stereocenters. The van der Waals surface area contributed by atoms with E-state index in [1.54, 1.807) is 12.1 Å². The summed E-state index contributed by atoms with van der Waals surface area (Å²) in [5.74, 6) is 0.780. The molecule has 0 aromatic heterocycles. The summed E-state index contributed by atoms with van der Waals surface area (Å²) in [6.45, 7) is 2.40. The van der Waals surface area contributed by atoms with Gasteiger partial charge in [-0.15, -0.1) is 0 Å². The first-order chi connectivity index (χ1) is 9.24. The van der Waals surface area contributed by atoms with Crippen molar-refractivity contribution in [2.24, 2.45) is 5.92 Å². The van der Waals surface area contributed by atoms with Crippen LogP contribution in [0.4, 0.5) is 4.39 Å². The lowest BCUT2D eigenvalue weighted by Gasteiger charge is -2.26. The second-order valence-electron chi connectivity index (χ2n) is 6.00. The van der Waals surface area contributed by atoms with E-state index in [0.29, 0.717) is 0 Å². The predicted molar refractivity (Wildman–Crippen MR) is 78.8 cm³/mol. The van der Waals surface area contributed by atoms with Gasteiger partial charge in [0.1, 0.15) is 5.82 Å². The summed E-state index contributed by atoms with van der Waals surface area (Å²) in [4.78, 5) is 2.47. The van der Waals surface area contributed by atoms with E-state index in [0.717, 1.165) is 25.3 Å². The van der Waals surface area contributed by atoms with Gasteiger partial charge in [0, 0.05) is 6.54 Å². The van der Waals surface area contributed by atoms with Crippen molar-refractivity contribution in [3.63, 3.8) is 0 Å². The molecule has 0 saturated heterocycles. The largest absolute Gasteiger partial charge is 0.306 e. The molecule has 2 heteroatoms. The first-order valence-electron chi connectivity index (χ1n) is 7.67. The average Bonchev–Trinajstić information content (AvgIpc) is 2.42. The lowest BCUT2D eigenvalue weighted by molar-refractivity contribution is 0.232. The molecular weight excluding hydrogens is 237 g/mol. The van der Waals surface area contributed by atoms with Gasteiger partial charge in [0.2, 0.25) is 0 Å². The zero-order valence-corrected chi connectivity index (χ0v) is 12.1. The maximum atomic E-state index is 12.8. The van der Waals surface area contributed by atoms with Gasteiger partial charge in [0.15, 0.2) is 0 Å². The van der Waals surface area contributed by atoms with Crippen LogP contribution in [0.1, 0.15) is 44.1 Å². The smallest absolute Gasteiger partial charge is 0.123 e. The van der Waals surface area contributed by atoms with Crippen LogP contribution < -0.4 is 0 Å². The van der Waals surface area contributed by atoms with Gasteiger partial charge in [-0.2, -0.15) is 0 Å². The fourth-order valence-electron chi connectivity index (χ4n) is 3.11. The highest BCUT2D eigenvalue weighted by atomic mass is 19.1. The van der Waals surface area contributed by atoms with E-state index < -0.39 is 0 Å². The molecule has 0 aliphatic heterocycles. The lowest BCUT2D eigenvalue weighted by atomic mass is 9.89. The van der Waals surface area contributed by atoms with Gasteiger partial charge in [-0.25, -0.2) is 4.39 Å². The SMILES string of the molecule is CN(CCCc1ccc(F)cc1)CC1CCCCC1. The van der Waals surface area contributed by atoms with E-state index in [1.165, 1.54) is 44.2 Å². The first kappa shape index (κ1) is 14.5. The normalized spacial score (nSPS) is 17.0. The Kier molecular flexibility index (Phi) is 5.84. The Labute approximate surface area is 116 Å². The molecule has 1 aliphatic carbocycles. The van der Waals surface area contributed by atoms with Gasteiger partial charge in [-0.3, -0.25) is 0 Å². The summed E-state index contributed by atoms with van der Waals surface area (Å²) >= 11 is 0. The highest BCUT2D eigenvalue weighted by Gasteiger charge is 2.14. The van der Waals surface area contributed by atoms with Gasteiger partial charge in [-0.1, -0.05) is 31.4 Å².